The third-order valence-corrected chi connectivity index (χ3v) is 36.0. The molecule has 0 amide bonds. The molecule has 2 saturated heterocycles. The number of nitrogens with zero attached hydrogens (tertiary/aromatic N) is 2. The van der Waals surface area contributed by atoms with Gasteiger partial charge in [0.25, 0.3) is 0 Å². The number of ketones is 1. The number of esters is 6. The van der Waals surface area contributed by atoms with Crippen LogP contribution in [0.15, 0.2) is 205 Å². The van der Waals surface area contributed by atoms with E-state index in [1.807, 2.05) is 0 Å². The first-order valence-electron chi connectivity index (χ1n) is 52.7. The second-order valence-electron chi connectivity index (χ2n) is 42.1. The van der Waals surface area contributed by atoms with Crippen molar-refractivity contribution in [3.05, 3.63) is 181 Å². The molecule has 6 unspecified atom stereocenters. The Labute approximate surface area is 861 Å². The lowest BCUT2D eigenvalue weighted by atomic mass is 9.43. The predicted molar refractivity (Wildman–Crippen MR) is 554 cm³/mol. The zero-order chi connectivity index (χ0) is 103. The van der Waals surface area contributed by atoms with E-state index in [9.17, 15) is 55.5 Å². The average Bonchev–Trinajstić information content (AvgIpc) is 1.60. The fourth-order valence-electron chi connectivity index (χ4n) is 23.9. The SMILES string of the molecule is CC(=O)O[C@@H]1CC[C@@]2(C)[C@@H](C1)C[C@@H](OC(C)=O)[C@@H]1[C@@H]2C[C@H](OC(C)=O)[C@]2(C)[C@@H](C(C)CCC(=O)OCCN3CCOCC3)CC[C@@H]12.CC(C)(C)c1ccc([S+](c2ccccc2)c2ccccc2)cc1.CCCCCCCCCCCCCCCCCC(=O)OCCN1CCOCC1.CS(=O)[O-].O=C1C2CC3CC1CC(C(=O)OC(CS(=O)[O-])C(F)(F)F)(C3)C2.c1ccc([S+](c2ccccc2)c2ccccc2)cc1. The quantitative estimate of drug-likeness (QED) is 0.0114. The number of fused-ring (bicyclic) bond motifs is 5. The molecule has 16 atom stereocenters. The summed E-state index contributed by atoms with van der Waals surface area (Å²) in [6.07, 6.45) is 23.0. The number of halogens is 3. The molecule has 4 bridgehead atoms. The van der Waals surface area contributed by atoms with E-state index in [1.165, 1.54) is 139 Å². The molecule has 6 aromatic rings. The number of carbonyl (C=O) groups excluding carboxylic acids is 7. The summed E-state index contributed by atoms with van der Waals surface area (Å²) in [5.74, 6) is -2.23. The highest BCUT2D eigenvalue weighted by molar-refractivity contribution is 7.97. The fourth-order valence-corrected chi connectivity index (χ4v) is 28.6. The van der Waals surface area contributed by atoms with Crippen molar-refractivity contribution in [2.75, 3.05) is 90.9 Å². The number of alkyl halides is 3. The molecular weight excluding hydrogens is 1900 g/mol. The molecule has 0 N–H and O–H groups in total. The molecule has 0 aromatic heterocycles. The summed E-state index contributed by atoms with van der Waals surface area (Å²) >= 11 is -4.84. The minimum absolute atomic E-state index is 0.0146. The van der Waals surface area contributed by atoms with Gasteiger partial charge in [0.2, 0.25) is 6.10 Å². The van der Waals surface area contributed by atoms with E-state index in [0.717, 1.165) is 136 Å². The molecular formula is C115H161F3N2O19S4. The van der Waals surface area contributed by atoms with Crippen molar-refractivity contribution in [3.8, 4) is 0 Å². The van der Waals surface area contributed by atoms with Gasteiger partial charge in [-0.05, 0) is 221 Å². The number of carbonyl (C=O) groups is 7. The van der Waals surface area contributed by atoms with E-state index in [4.69, 9.17) is 41.9 Å². The Bertz CT molecular complexity index is 4710. The number of hydrogen-bond acceptors (Lipinski definition) is 21. The number of morpholine rings is 2. The first kappa shape index (κ1) is 117. The molecule has 2 aliphatic heterocycles. The van der Waals surface area contributed by atoms with Crippen LogP contribution in [0.25, 0.3) is 0 Å². The van der Waals surface area contributed by atoms with Crippen molar-refractivity contribution in [2.24, 2.45) is 69.5 Å². The van der Waals surface area contributed by atoms with E-state index in [2.05, 4.69) is 239 Å². The van der Waals surface area contributed by atoms with Crippen molar-refractivity contribution < 1.29 is 102 Å². The second kappa shape index (κ2) is 58.9. The van der Waals surface area contributed by atoms with Crippen LogP contribution in [-0.2, 0) is 121 Å². The van der Waals surface area contributed by atoms with Crippen molar-refractivity contribution in [1.29, 1.82) is 0 Å². The van der Waals surface area contributed by atoms with E-state index in [0.29, 0.717) is 45.3 Å². The standard InChI is InChI=1S/C36H57NO9.C24H47NO3.C22H23S.C18H15S.C14H17F3O5S.CH4O2S/c1-22(7-10-33(41)43-18-15-37-13-16-42-17-14-37)28-8-9-29-34-30(21-32(36(28,29)6)46-25(4)40)35(5)12-11-27(44-23(2)38)19-26(35)20-31(34)45-24(3)39;1-2-3-4-5-6-7-8-9-10-11-12-13-14-15-16-17-24(26)28-23-20-25-18-21-27-22-19-25;1-22(2,3)18-14-16-21(17-15-18)23(19-10-6-4-7-11-19)20-12-8-5-9-13-20;1-4-10-16(11-5-1)19(17-12-6-2-7-13-17)18-14-8-3-9-15-18;15-14(16,17)10(6-23(20)21)22-12(19)13-3-7-1-8(4-13)11(18)9(2-7)5-13;1-4(2)3/h22,26-32,34H,7-21H2,1-6H3;2-23H2,1H3;4-17H,1-3H3;1-15H;7-10H,1-6H2,(H,20,21);1H3,(H,2,3)/q;;2*+1;;/p-2/t22?,26-,27+,28+,29-,30-,31+,32-,34-,35-,36+;;;;;/m0...../s1. The predicted octanol–water partition coefficient (Wildman–Crippen LogP) is 23.2. The van der Waals surface area contributed by atoms with Gasteiger partial charge >= 0.3 is 42.0 Å². The van der Waals surface area contributed by atoms with E-state index >= 15 is 0 Å². The van der Waals surface area contributed by atoms with Gasteiger partial charge in [-0.1, -0.05) is 264 Å². The van der Waals surface area contributed by atoms with Gasteiger partial charge in [-0.3, -0.25) is 51.8 Å². The van der Waals surface area contributed by atoms with Gasteiger partial charge < -0.3 is 47.0 Å². The Morgan fingerprint density at radius 3 is 1.34 bits per heavy atom. The smallest absolute Gasteiger partial charge is 0.426 e. The Morgan fingerprint density at radius 2 is 0.930 bits per heavy atom. The van der Waals surface area contributed by atoms with Crippen molar-refractivity contribution in [1.82, 2.24) is 9.80 Å². The van der Waals surface area contributed by atoms with Crippen LogP contribution in [-0.4, -0.2) is 190 Å². The Balaban J connectivity index is 0.000000189. The Hall–Kier alpha value is -7.64. The first-order chi connectivity index (χ1) is 68.5. The van der Waals surface area contributed by atoms with Crippen molar-refractivity contribution in [2.45, 2.75) is 327 Å². The number of Topliss-reactive ketones (excluding diaryl/α,β-unsaturated/α-hetero) is 1. The normalized spacial score (nSPS) is 25.6. The van der Waals surface area contributed by atoms with Gasteiger partial charge in [0.1, 0.15) is 37.3 Å². The molecule has 6 aromatic carbocycles. The van der Waals surface area contributed by atoms with Crippen LogP contribution in [0.2, 0.25) is 0 Å². The summed E-state index contributed by atoms with van der Waals surface area (Å²) in [6, 6.07) is 62.9. The van der Waals surface area contributed by atoms with E-state index < -0.39 is 51.6 Å². The Kier molecular flexibility index (Phi) is 48.3. The summed E-state index contributed by atoms with van der Waals surface area (Å²) in [7, 11) is -0.0643. The number of unbranched alkanes of at least 4 members (excludes halogenated alkanes) is 14. The van der Waals surface area contributed by atoms with E-state index in [-0.39, 0.29) is 158 Å². The number of ether oxygens (including phenoxy) is 8. The van der Waals surface area contributed by atoms with Crippen LogP contribution in [0.1, 0.15) is 267 Å². The number of benzene rings is 6. The van der Waals surface area contributed by atoms with Crippen LogP contribution >= 0.6 is 0 Å². The largest absolute Gasteiger partial charge is 0.773 e. The van der Waals surface area contributed by atoms with E-state index in [1.54, 1.807) is 0 Å². The maximum atomic E-state index is 12.9. The zero-order valence-corrected chi connectivity index (χ0v) is 89.8. The van der Waals surface area contributed by atoms with Crippen LogP contribution < -0.4 is 0 Å². The monoisotopic (exact) mass is 2060 g/mol. The molecule has 0 spiro atoms. The number of rotatable bonds is 39. The topological polar surface area (TPSA) is 280 Å². The molecule has 16 rings (SSSR count). The van der Waals surface area contributed by atoms with Crippen LogP contribution in [0.5, 0.6) is 0 Å². The third-order valence-electron chi connectivity index (χ3n) is 30.9. The molecule has 8 aliphatic carbocycles. The van der Waals surface area contributed by atoms with Crippen molar-refractivity contribution in [3.63, 3.8) is 0 Å². The Morgan fingerprint density at radius 1 is 0.517 bits per heavy atom. The fraction of sp³-hybridized carbons (Fsp3) is 0.626. The molecule has 0 radical (unpaired) electrons. The van der Waals surface area contributed by atoms with Gasteiger partial charge in [-0.25, -0.2) is 0 Å². The highest BCUT2D eigenvalue weighted by Gasteiger charge is 2.68. The highest BCUT2D eigenvalue weighted by atomic mass is 32.2. The maximum Gasteiger partial charge on any atom is 0.426 e. The van der Waals surface area contributed by atoms with Gasteiger partial charge in [0.05, 0.1) is 59.4 Å². The summed E-state index contributed by atoms with van der Waals surface area (Å²) in [4.78, 5) is 98.6. The molecule has 10 fully saturated rings. The molecule has 8 saturated carbocycles. The summed E-state index contributed by atoms with van der Waals surface area (Å²) in [5, 5.41) is 0. The molecule has 10 aliphatic rings. The summed E-state index contributed by atoms with van der Waals surface area (Å²) < 4.78 is 122. The lowest BCUT2D eigenvalue weighted by Gasteiger charge is -2.64. The lowest BCUT2D eigenvalue weighted by molar-refractivity contribution is -0.226. The third kappa shape index (κ3) is 36.4. The molecule has 21 nitrogen and oxygen atoms in total. The summed E-state index contributed by atoms with van der Waals surface area (Å²) in [6.45, 7) is 29.6. The minimum Gasteiger partial charge on any atom is -0.773 e. The molecule has 143 heavy (non-hydrogen) atoms. The first-order valence-corrected chi connectivity index (χ1v) is 57.8. The van der Waals surface area contributed by atoms with Crippen molar-refractivity contribution >= 4 is 85.5 Å². The van der Waals surface area contributed by atoms with Crippen LogP contribution in [0.3, 0.4) is 0 Å². The highest BCUT2D eigenvalue weighted by Crippen LogP contribution is 2.70. The average molecular weight is 2060 g/mol. The molecule has 790 valence electrons. The molecule has 28 heteroatoms. The second-order valence-corrected chi connectivity index (χ2v) is 47.9. The van der Waals surface area contributed by atoms with Crippen LogP contribution in [0, 0.1) is 69.5 Å². The maximum absolute atomic E-state index is 12.9. The van der Waals surface area contributed by atoms with Gasteiger partial charge in [-0.15, -0.1) is 0 Å². The lowest BCUT2D eigenvalue weighted by Crippen LogP contribution is -2.63. The minimum atomic E-state index is -4.94. The summed E-state index contributed by atoms with van der Waals surface area (Å²) in [5.41, 5.74) is 0.176. The molecule has 2 heterocycles. The van der Waals surface area contributed by atoms with Gasteiger partial charge in [-0.2, -0.15) is 13.2 Å². The number of hydrogen-bond donors (Lipinski definition) is 0. The van der Waals surface area contributed by atoms with Gasteiger partial charge in [0, 0.05) is 96.1 Å². The van der Waals surface area contributed by atoms with Gasteiger partial charge in [0.15, 0.2) is 29.4 Å². The van der Waals surface area contributed by atoms with Crippen LogP contribution in [0.4, 0.5) is 13.2 Å². The zero-order valence-electron chi connectivity index (χ0n) is 86.6.